The van der Waals surface area contributed by atoms with Crippen molar-refractivity contribution in [2.75, 3.05) is 26.2 Å². The second kappa shape index (κ2) is 17.1. The molecule has 1 rings (SSSR count). The number of rotatable bonds is 5. The van der Waals surface area contributed by atoms with Crippen molar-refractivity contribution in [1.29, 1.82) is 0 Å². The van der Waals surface area contributed by atoms with Crippen LogP contribution in [0.1, 0.15) is 26.7 Å². The lowest BCUT2D eigenvalue weighted by Gasteiger charge is -2.03. The third-order valence-corrected chi connectivity index (χ3v) is 3.76. The van der Waals surface area contributed by atoms with Crippen LogP contribution >= 0.6 is 39.5 Å². The van der Waals surface area contributed by atoms with E-state index >= 15 is 0 Å². The third-order valence-electron chi connectivity index (χ3n) is 1.58. The highest BCUT2D eigenvalue weighted by atomic mass is 79.9. The number of methoxy groups -OCH3 is 1. The van der Waals surface area contributed by atoms with Crippen LogP contribution in [0.5, 0.6) is 0 Å². The topological polar surface area (TPSA) is 26.3 Å². The summed E-state index contributed by atoms with van der Waals surface area (Å²) in [5.74, 6) is 0.855. The van der Waals surface area contributed by atoms with Crippen molar-refractivity contribution in [2.24, 2.45) is 0 Å². The molecule has 0 saturated carbocycles. The van der Waals surface area contributed by atoms with Gasteiger partial charge in [-0.1, -0.05) is 36.2 Å². The second-order valence-corrected chi connectivity index (χ2v) is 6.71. The van der Waals surface area contributed by atoms with Crippen LogP contribution in [0.4, 0.5) is 0 Å². The minimum atomic E-state index is 0.617. The molecule has 0 amide bonds. The summed E-state index contributed by atoms with van der Waals surface area (Å²) in [6, 6.07) is 6.31. The van der Waals surface area contributed by atoms with Gasteiger partial charge in [0, 0.05) is 40.7 Å². The summed E-state index contributed by atoms with van der Waals surface area (Å²) in [5, 5.41) is 0. The van der Waals surface area contributed by atoms with Gasteiger partial charge in [0.25, 0.3) is 0 Å². The van der Waals surface area contributed by atoms with Gasteiger partial charge in [-0.05, 0) is 24.5 Å². The first-order chi connectivity index (χ1) is 9.59. The third kappa shape index (κ3) is 14.4. The van der Waals surface area contributed by atoms with E-state index in [1.165, 1.54) is 16.2 Å². The van der Waals surface area contributed by atoms with E-state index < -0.39 is 0 Å². The highest BCUT2D eigenvalue weighted by Gasteiger charge is 1.99. The molecule has 0 unspecified atom stereocenters. The minimum absolute atomic E-state index is 0.617. The molecular formula is C15H25BrO2S2. The molecule has 0 heterocycles. The molecule has 0 aliphatic carbocycles. The van der Waals surface area contributed by atoms with E-state index in [1.807, 2.05) is 0 Å². The fourth-order valence-corrected chi connectivity index (χ4v) is 3.19. The molecule has 1 aromatic carbocycles. The Hall–Kier alpha value is 0.0300. The first-order valence-electron chi connectivity index (χ1n) is 6.40. The summed E-state index contributed by atoms with van der Waals surface area (Å²) in [7, 11) is 3.25. The maximum atomic E-state index is 10.2. The molecule has 0 aliphatic rings. The number of hydrogen-bond donors (Lipinski definition) is 0. The van der Waals surface area contributed by atoms with E-state index in [1.54, 1.807) is 37.7 Å². The molecule has 2 nitrogen and oxygen atoms in total. The number of ether oxygens (including phenoxy) is 1. The normalized spacial score (nSPS) is 8.90. The average molecular weight is 381 g/mol. The van der Waals surface area contributed by atoms with E-state index in [4.69, 9.17) is 0 Å². The lowest BCUT2D eigenvalue weighted by molar-refractivity contribution is -0.107. The van der Waals surface area contributed by atoms with Crippen molar-refractivity contribution in [3.05, 3.63) is 22.7 Å². The Morgan fingerprint density at radius 3 is 2.15 bits per heavy atom. The summed E-state index contributed by atoms with van der Waals surface area (Å²) in [6.07, 6.45) is 4.88. The molecule has 0 aliphatic heterocycles. The molecule has 1 aromatic rings. The van der Waals surface area contributed by atoms with E-state index in [9.17, 15) is 4.79 Å². The standard InChI is InChI=1S/C10H11BrOS2.C3H8.C2H6O/c1-13-9-5-8(11)6-10(7-9)14-4-2-3-12;2*1-3-2/h3,5-7H,2,4H2,1H3;3H2,1-2H3;1-2H3. The van der Waals surface area contributed by atoms with E-state index in [0.717, 1.165) is 16.5 Å². The van der Waals surface area contributed by atoms with Gasteiger partial charge in [-0.3, -0.25) is 0 Å². The van der Waals surface area contributed by atoms with Crippen molar-refractivity contribution in [3.63, 3.8) is 0 Å². The Balaban J connectivity index is 0. The van der Waals surface area contributed by atoms with Crippen LogP contribution in [0.3, 0.4) is 0 Å². The predicted octanol–water partition coefficient (Wildman–Crippen LogP) is 5.53. The van der Waals surface area contributed by atoms with Crippen molar-refractivity contribution >= 4 is 45.7 Å². The Morgan fingerprint density at radius 2 is 1.70 bits per heavy atom. The van der Waals surface area contributed by atoms with Gasteiger partial charge in [-0.2, -0.15) is 0 Å². The minimum Gasteiger partial charge on any atom is -0.388 e. The summed E-state index contributed by atoms with van der Waals surface area (Å²) in [6.45, 7) is 4.25. The molecule has 0 N–H and O–H groups in total. The lowest BCUT2D eigenvalue weighted by atomic mass is 10.4. The first-order valence-corrected chi connectivity index (χ1v) is 9.40. The summed E-state index contributed by atoms with van der Waals surface area (Å²) in [5.41, 5.74) is 0. The largest absolute Gasteiger partial charge is 0.388 e. The number of halogens is 1. The Bertz CT molecular complexity index is 345. The Labute approximate surface area is 140 Å². The molecule has 5 heteroatoms. The zero-order chi connectivity index (χ0) is 15.8. The first kappa shape index (κ1) is 22.3. The molecule has 0 bridgehead atoms. The van der Waals surface area contributed by atoms with Crippen molar-refractivity contribution in [3.8, 4) is 0 Å². The molecule has 0 atom stereocenters. The average Bonchev–Trinajstić information content (AvgIpc) is 2.40. The van der Waals surface area contributed by atoms with Gasteiger partial charge in [0.05, 0.1) is 0 Å². The quantitative estimate of drug-likeness (QED) is 0.381. The zero-order valence-electron chi connectivity index (χ0n) is 12.9. The molecule has 20 heavy (non-hydrogen) atoms. The maximum Gasteiger partial charge on any atom is 0.120 e. The zero-order valence-corrected chi connectivity index (χ0v) is 16.2. The monoisotopic (exact) mass is 380 g/mol. The molecule has 0 fully saturated rings. The van der Waals surface area contributed by atoms with Gasteiger partial charge in [0.2, 0.25) is 0 Å². The second-order valence-electron chi connectivity index (χ2n) is 3.75. The summed E-state index contributed by atoms with van der Waals surface area (Å²) in [4.78, 5) is 12.6. The van der Waals surface area contributed by atoms with Crippen LogP contribution in [-0.4, -0.2) is 32.5 Å². The Morgan fingerprint density at radius 1 is 1.20 bits per heavy atom. The Kier molecular flexibility index (Phi) is 19.1. The van der Waals surface area contributed by atoms with E-state index in [2.05, 4.69) is 59.0 Å². The van der Waals surface area contributed by atoms with E-state index in [0.29, 0.717) is 6.42 Å². The molecule has 0 saturated heterocycles. The van der Waals surface area contributed by atoms with Crippen LogP contribution in [0.25, 0.3) is 0 Å². The van der Waals surface area contributed by atoms with Gasteiger partial charge in [0.15, 0.2) is 0 Å². The predicted molar refractivity (Wildman–Crippen MR) is 96.2 cm³/mol. The molecule has 0 aromatic heterocycles. The molecule has 116 valence electrons. The number of carbonyl (C=O) groups is 1. The van der Waals surface area contributed by atoms with Gasteiger partial charge in [-0.15, -0.1) is 23.5 Å². The lowest BCUT2D eigenvalue weighted by Crippen LogP contribution is -1.81. The number of aldehydes is 1. The number of benzene rings is 1. The molecule has 0 spiro atoms. The van der Waals surface area contributed by atoms with Crippen LogP contribution < -0.4 is 0 Å². The molecule has 0 radical (unpaired) electrons. The van der Waals surface area contributed by atoms with E-state index in [-0.39, 0.29) is 0 Å². The highest BCUT2D eigenvalue weighted by Crippen LogP contribution is 2.28. The summed E-state index contributed by atoms with van der Waals surface area (Å²) < 4.78 is 5.35. The summed E-state index contributed by atoms with van der Waals surface area (Å²) >= 11 is 6.90. The van der Waals surface area contributed by atoms with Crippen LogP contribution in [-0.2, 0) is 9.53 Å². The van der Waals surface area contributed by atoms with Crippen LogP contribution in [0, 0.1) is 0 Å². The maximum absolute atomic E-state index is 10.2. The van der Waals surface area contributed by atoms with Gasteiger partial charge in [-0.25, -0.2) is 0 Å². The van der Waals surface area contributed by atoms with Gasteiger partial charge >= 0.3 is 0 Å². The van der Waals surface area contributed by atoms with Crippen molar-refractivity contribution < 1.29 is 9.53 Å². The number of carbonyl (C=O) groups excluding carboxylic acids is 1. The van der Waals surface area contributed by atoms with Crippen LogP contribution in [0.2, 0.25) is 0 Å². The highest BCUT2D eigenvalue weighted by molar-refractivity contribution is 9.10. The van der Waals surface area contributed by atoms with Crippen molar-refractivity contribution in [1.82, 2.24) is 0 Å². The van der Waals surface area contributed by atoms with Crippen LogP contribution in [0.15, 0.2) is 32.5 Å². The van der Waals surface area contributed by atoms with Gasteiger partial charge < -0.3 is 9.53 Å². The molecular weight excluding hydrogens is 356 g/mol. The van der Waals surface area contributed by atoms with Gasteiger partial charge in [0.1, 0.15) is 6.29 Å². The fraction of sp³-hybridized carbons (Fsp3) is 0.533. The number of hydrogen-bond acceptors (Lipinski definition) is 4. The fourth-order valence-electron chi connectivity index (χ4n) is 0.963. The number of thioether (sulfide) groups is 2. The SMILES string of the molecule is CCC.COC.CSc1cc(Br)cc(SCCC=O)c1. The van der Waals surface area contributed by atoms with Crippen molar-refractivity contribution in [2.45, 2.75) is 36.5 Å². The smallest absolute Gasteiger partial charge is 0.120 e.